The smallest absolute Gasteiger partial charge is 0.255 e. The number of alkyl halides is 1. The van der Waals surface area contributed by atoms with Gasteiger partial charge in [0.2, 0.25) is 0 Å². The normalized spacial score (nSPS) is 13.3. The monoisotopic (exact) mass is 600 g/mol. The van der Waals surface area contributed by atoms with Crippen molar-refractivity contribution in [3.63, 3.8) is 0 Å². The fourth-order valence-corrected chi connectivity index (χ4v) is 4.55. The number of halogens is 2. The van der Waals surface area contributed by atoms with Crippen molar-refractivity contribution in [2.24, 2.45) is 0 Å². The largest absolute Gasteiger partial charge is 0.493 e. The zero-order chi connectivity index (χ0) is 25.0. The van der Waals surface area contributed by atoms with Crippen LogP contribution in [-0.4, -0.2) is 71.2 Å². The van der Waals surface area contributed by atoms with Gasteiger partial charge >= 0.3 is 0 Å². The Bertz CT molecular complexity index is 975. The summed E-state index contributed by atoms with van der Waals surface area (Å²) in [6, 6.07) is 9.64. The molecule has 0 aliphatic carbocycles. The third kappa shape index (κ3) is 8.22. The molecule has 0 spiro atoms. The van der Waals surface area contributed by atoms with Gasteiger partial charge in [0.25, 0.3) is 5.91 Å². The summed E-state index contributed by atoms with van der Waals surface area (Å²) in [5, 5.41) is 3.01. The number of rotatable bonds is 14. The first-order valence-electron chi connectivity index (χ1n) is 11.9. The molecule has 35 heavy (non-hydrogen) atoms. The molecule has 3 rings (SSSR count). The van der Waals surface area contributed by atoms with Gasteiger partial charge in [-0.1, -0.05) is 0 Å². The fourth-order valence-electron chi connectivity index (χ4n) is 4.06. The molecule has 192 valence electrons. The van der Waals surface area contributed by atoms with Crippen LogP contribution < -0.4 is 19.5 Å². The lowest BCUT2D eigenvalue weighted by Gasteiger charge is -2.29. The Hall–Kier alpha value is -2.11. The van der Waals surface area contributed by atoms with E-state index < -0.39 is 6.67 Å². The summed E-state index contributed by atoms with van der Waals surface area (Å²) in [6.45, 7) is 3.53. The highest BCUT2D eigenvalue weighted by atomic mass is 127. The highest BCUT2D eigenvalue weighted by Gasteiger charge is 2.19. The minimum absolute atomic E-state index is 0.0519. The number of unbranched alkanes of at least 4 members (excludes halogenated alkanes) is 1. The van der Waals surface area contributed by atoms with Gasteiger partial charge in [-0.05, 0) is 89.9 Å². The molecule has 2 aromatic carbocycles. The minimum Gasteiger partial charge on any atom is -0.493 e. The van der Waals surface area contributed by atoms with Gasteiger partial charge in [0.05, 0.1) is 33.0 Å². The summed E-state index contributed by atoms with van der Waals surface area (Å²) >= 11 is 2.17. The van der Waals surface area contributed by atoms with Crippen molar-refractivity contribution in [2.45, 2.75) is 25.8 Å². The van der Waals surface area contributed by atoms with E-state index in [4.69, 9.17) is 18.9 Å². The van der Waals surface area contributed by atoms with Crippen molar-refractivity contribution in [1.82, 2.24) is 10.2 Å². The van der Waals surface area contributed by atoms with Crippen LogP contribution in [0.2, 0.25) is 0 Å². The lowest BCUT2D eigenvalue weighted by Crippen LogP contribution is -2.32. The van der Waals surface area contributed by atoms with Crippen LogP contribution in [-0.2, 0) is 17.7 Å². The van der Waals surface area contributed by atoms with Crippen molar-refractivity contribution in [3.05, 3.63) is 50.6 Å². The quantitative estimate of drug-likeness (QED) is 0.259. The second kappa shape index (κ2) is 14.4. The molecule has 0 fully saturated rings. The van der Waals surface area contributed by atoms with Crippen molar-refractivity contribution in [2.75, 3.05) is 60.3 Å². The van der Waals surface area contributed by atoms with Crippen LogP contribution in [0.1, 0.15) is 34.3 Å². The van der Waals surface area contributed by atoms with Crippen LogP contribution in [0.3, 0.4) is 0 Å². The molecular formula is C26H34FIN2O5. The van der Waals surface area contributed by atoms with E-state index in [1.165, 1.54) is 11.1 Å². The van der Waals surface area contributed by atoms with Gasteiger partial charge in [-0.3, -0.25) is 9.69 Å². The number of methoxy groups -OCH3 is 2. The Morgan fingerprint density at radius 2 is 1.80 bits per heavy atom. The maximum Gasteiger partial charge on any atom is 0.255 e. The number of ether oxygens (including phenoxy) is 4. The third-order valence-corrected chi connectivity index (χ3v) is 6.55. The molecule has 0 saturated carbocycles. The van der Waals surface area contributed by atoms with E-state index in [0.717, 1.165) is 54.0 Å². The summed E-state index contributed by atoms with van der Waals surface area (Å²) < 4.78 is 34.7. The summed E-state index contributed by atoms with van der Waals surface area (Å²) in [7, 11) is 3.32. The van der Waals surface area contributed by atoms with Crippen molar-refractivity contribution >= 4 is 28.5 Å². The molecule has 0 atom stereocenters. The Morgan fingerprint density at radius 3 is 2.54 bits per heavy atom. The summed E-state index contributed by atoms with van der Waals surface area (Å²) in [4.78, 5) is 15.2. The molecular weight excluding hydrogens is 566 g/mol. The number of benzene rings is 2. The lowest BCUT2D eigenvalue weighted by molar-refractivity contribution is 0.0872. The van der Waals surface area contributed by atoms with Gasteiger partial charge in [0, 0.05) is 23.2 Å². The number of amides is 1. The zero-order valence-electron chi connectivity index (χ0n) is 20.4. The van der Waals surface area contributed by atoms with E-state index in [9.17, 15) is 9.18 Å². The number of nitrogens with one attached hydrogen (secondary N) is 1. The van der Waals surface area contributed by atoms with Crippen molar-refractivity contribution < 1.29 is 28.1 Å². The highest BCUT2D eigenvalue weighted by molar-refractivity contribution is 14.1. The number of nitrogens with zero attached hydrogens (tertiary/aromatic N) is 1. The van der Waals surface area contributed by atoms with Gasteiger partial charge in [0.1, 0.15) is 19.0 Å². The summed E-state index contributed by atoms with van der Waals surface area (Å²) in [5.41, 5.74) is 3.10. The molecule has 9 heteroatoms. The Morgan fingerprint density at radius 1 is 1.03 bits per heavy atom. The van der Waals surface area contributed by atoms with Gasteiger partial charge in [-0.15, -0.1) is 0 Å². The van der Waals surface area contributed by atoms with E-state index in [-0.39, 0.29) is 25.7 Å². The van der Waals surface area contributed by atoms with Crippen LogP contribution >= 0.6 is 22.6 Å². The number of fused-ring (bicyclic) bond motifs is 1. The average Bonchev–Trinajstić information content (AvgIpc) is 2.87. The molecule has 0 radical (unpaired) electrons. The minimum atomic E-state index is -0.522. The number of carbonyl (C=O) groups is 1. The maximum atomic E-state index is 12.8. The highest BCUT2D eigenvalue weighted by Crippen LogP contribution is 2.33. The molecule has 2 aromatic rings. The maximum absolute atomic E-state index is 12.8. The molecule has 0 bridgehead atoms. The second-order valence-electron chi connectivity index (χ2n) is 8.26. The van der Waals surface area contributed by atoms with E-state index in [1.54, 1.807) is 20.3 Å². The van der Waals surface area contributed by atoms with E-state index in [2.05, 4.69) is 44.9 Å². The van der Waals surface area contributed by atoms with Crippen molar-refractivity contribution in [1.29, 1.82) is 0 Å². The van der Waals surface area contributed by atoms with Crippen LogP contribution in [0.25, 0.3) is 0 Å². The first kappa shape index (κ1) is 27.5. The van der Waals surface area contributed by atoms with Crippen LogP contribution in [0.5, 0.6) is 17.2 Å². The summed E-state index contributed by atoms with van der Waals surface area (Å²) in [6.07, 6.45) is 2.86. The molecule has 1 heterocycles. The number of carbonyl (C=O) groups excluding carboxylic acids is 1. The predicted molar refractivity (Wildman–Crippen MR) is 142 cm³/mol. The Kier molecular flexibility index (Phi) is 11.3. The molecule has 1 amide bonds. The lowest BCUT2D eigenvalue weighted by atomic mass is 9.98. The Balaban J connectivity index is 1.42. The third-order valence-electron chi connectivity index (χ3n) is 5.88. The molecule has 0 saturated heterocycles. The first-order chi connectivity index (χ1) is 17.0. The molecule has 1 aliphatic rings. The van der Waals surface area contributed by atoms with E-state index >= 15 is 0 Å². The first-order valence-corrected chi connectivity index (χ1v) is 12.9. The zero-order valence-corrected chi connectivity index (χ0v) is 22.6. The van der Waals surface area contributed by atoms with Gasteiger partial charge in [-0.2, -0.15) is 0 Å². The standard InChI is InChI=1S/C26H34FIN2O5/c1-32-24-15-19-7-11-30(18-20(19)16-25(24)33-2)10-4-3-9-29-26(31)22-17-21(28)5-6-23(22)35-14-13-34-12-8-27/h5-6,15-17H,3-4,7-14,18H2,1-2H3,(H,29,31). The average molecular weight is 600 g/mol. The topological polar surface area (TPSA) is 69.3 Å². The molecule has 7 nitrogen and oxygen atoms in total. The van der Waals surface area contributed by atoms with Crippen LogP contribution in [0.15, 0.2) is 30.3 Å². The molecule has 1 aliphatic heterocycles. The van der Waals surface area contributed by atoms with Crippen LogP contribution in [0, 0.1) is 3.57 Å². The fraction of sp³-hybridized carbons (Fsp3) is 0.500. The number of hydrogen-bond donors (Lipinski definition) is 1. The molecule has 0 aromatic heterocycles. The van der Waals surface area contributed by atoms with E-state index in [1.807, 2.05) is 12.1 Å². The second-order valence-corrected chi connectivity index (χ2v) is 9.50. The van der Waals surface area contributed by atoms with Crippen molar-refractivity contribution in [3.8, 4) is 17.2 Å². The molecule has 0 unspecified atom stereocenters. The Labute approximate surface area is 220 Å². The summed E-state index contributed by atoms with van der Waals surface area (Å²) in [5.74, 6) is 1.89. The van der Waals surface area contributed by atoms with E-state index in [0.29, 0.717) is 17.9 Å². The van der Waals surface area contributed by atoms with Gasteiger partial charge in [-0.25, -0.2) is 4.39 Å². The van der Waals surface area contributed by atoms with Crippen LogP contribution in [0.4, 0.5) is 4.39 Å². The number of hydrogen-bond acceptors (Lipinski definition) is 6. The van der Waals surface area contributed by atoms with Gasteiger partial charge < -0.3 is 24.3 Å². The van der Waals surface area contributed by atoms with Gasteiger partial charge in [0.15, 0.2) is 11.5 Å². The predicted octanol–water partition coefficient (Wildman–Crippen LogP) is 4.24. The molecule has 1 N–H and O–H groups in total. The SMILES string of the molecule is COc1cc2c(cc1OC)CN(CCCCNC(=O)c1cc(I)ccc1OCCOCCF)CC2.